The van der Waals surface area contributed by atoms with Gasteiger partial charge in [-0.2, -0.15) is 0 Å². The van der Waals surface area contributed by atoms with Gasteiger partial charge in [-0.05, 0) is 0 Å². The highest BCUT2D eigenvalue weighted by molar-refractivity contribution is 8.12. The highest BCUT2D eigenvalue weighted by Gasteiger charge is 2.84. The predicted molar refractivity (Wildman–Crippen MR) is 359 cm³/mol. The lowest BCUT2D eigenvalue weighted by Crippen LogP contribution is -3.14. The molecule has 12 aromatic carbocycles. The lowest BCUT2D eigenvalue weighted by Gasteiger charge is -2.70. The number of hydrogen-bond donors (Lipinski definition) is 0. The summed E-state index contributed by atoms with van der Waals surface area (Å²) in [7, 11) is -22.4. The van der Waals surface area contributed by atoms with E-state index in [0.717, 1.165) is 0 Å². The average molecular weight is 1120 g/mol. The molecule has 12 rings (SSSR count). The van der Waals surface area contributed by atoms with Crippen LogP contribution in [0.1, 0.15) is 0 Å². The minimum Gasteiger partial charge on any atom is -0.0631 e. The van der Waals surface area contributed by atoms with Gasteiger partial charge in [0.05, 0.1) is 0 Å². The van der Waals surface area contributed by atoms with E-state index >= 15 is 0 Å². The minimum atomic E-state index is -4.01. The molecule has 0 aliphatic carbocycles. The normalized spacial score (nSPS) is 12.4. The first-order valence-electron chi connectivity index (χ1n) is 28.2. The fourth-order valence-electron chi connectivity index (χ4n) is 15.5. The van der Waals surface area contributed by atoms with Gasteiger partial charge in [-0.15, -0.1) is 0 Å². The molecule has 0 N–H and O–H groups in total. The molecule has 0 fully saturated rings. The van der Waals surface area contributed by atoms with E-state index in [4.69, 9.17) is 0 Å². The van der Waals surface area contributed by atoms with Crippen LogP contribution < -0.4 is 62.2 Å². The molecule has 0 radical (unpaired) electrons. The molecular weight excluding hydrogens is 1060 g/mol. The van der Waals surface area contributed by atoms with E-state index in [9.17, 15) is 0 Å². The maximum absolute atomic E-state index is 4.01. The Labute approximate surface area is 479 Å². The van der Waals surface area contributed by atoms with Crippen LogP contribution in [0.25, 0.3) is 0 Å². The van der Waals surface area contributed by atoms with Gasteiger partial charge in [0, 0.05) is 0 Å². The van der Waals surface area contributed by atoms with E-state index in [-0.39, 0.29) is 0 Å². The summed E-state index contributed by atoms with van der Waals surface area (Å²) in [6, 6.07) is 147. The zero-order valence-corrected chi connectivity index (χ0v) is 51.6. The Balaban J connectivity index is 1.56. The monoisotopic (exact) mass is 1120 g/mol. The lowest BCUT2D eigenvalue weighted by atomic mass is 10.4. The van der Waals surface area contributed by atoms with Gasteiger partial charge in [0.1, 0.15) is 43.6 Å². The number of hydrogen-bond acceptors (Lipinski definition) is 0. The van der Waals surface area contributed by atoms with Gasteiger partial charge in [0.2, 0.25) is 0 Å². The second-order valence-corrected chi connectivity index (χ2v) is 69.1. The van der Waals surface area contributed by atoms with Crippen molar-refractivity contribution in [2.24, 2.45) is 0 Å². The van der Waals surface area contributed by atoms with Crippen LogP contribution in [0.2, 0.25) is 13.1 Å². The third-order valence-electron chi connectivity index (χ3n) is 18.2. The van der Waals surface area contributed by atoms with Crippen LogP contribution in [0.15, 0.2) is 364 Å². The quantitative estimate of drug-likeness (QED) is 0.0799. The first-order chi connectivity index (χ1) is 39.5. The Morgan fingerprint density at radius 2 is 0.225 bits per heavy atom. The molecule has 0 aliphatic heterocycles. The molecule has 0 atom stereocenters. The fraction of sp³-hybridized carbons (Fsp3) is 0.0270. The Bertz CT molecular complexity index is 3370. The highest BCUT2D eigenvalue weighted by Crippen LogP contribution is 2.43. The van der Waals surface area contributed by atoms with Crippen molar-refractivity contribution >= 4 is 106 Å². The Hall–Kier alpha value is -8.06. The van der Waals surface area contributed by atoms with Crippen molar-refractivity contribution in [2.75, 3.05) is 0 Å². The second-order valence-electron chi connectivity index (χ2n) is 21.6. The third-order valence-corrected chi connectivity index (χ3v) is 113. The molecule has 80 heavy (non-hydrogen) atoms. The van der Waals surface area contributed by atoms with Crippen LogP contribution in [0.3, 0.4) is 0 Å². The van der Waals surface area contributed by atoms with E-state index in [1.165, 1.54) is 62.2 Å². The van der Waals surface area contributed by atoms with Crippen molar-refractivity contribution in [1.82, 2.24) is 0 Å². The lowest BCUT2D eigenvalue weighted by molar-refractivity contribution is 1.67. The summed E-state index contributed by atoms with van der Waals surface area (Å²) in [6.07, 6.45) is 0. The summed E-state index contributed by atoms with van der Waals surface area (Å²) in [5.41, 5.74) is 0. The van der Waals surface area contributed by atoms with E-state index in [1.807, 2.05) is 0 Å². The summed E-state index contributed by atoms with van der Waals surface area (Å²) in [4.78, 5) is 0. The maximum atomic E-state index is 2.85. The first-order valence-corrected chi connectivity index (χ1v) is 46.2. The maximum Gasteiger partial charge on any atom is 0.123 e. The van der Waals surface area contributed by atoms with Crippen LogP contribution in [-0.4, -0.2) is 43.6 Å². The fourth-order valence-corrected chi connectivity index (χ4v) is 169. The van der Waals surface area contributed by atoms with Gasteiger partial charge in [-0.3, -0.25) is 0 Å². The van der Waals surface area contributed by atoms with E-state index in [0.29, 0.717) is 0 Å². The molecule has 0 saturated heterocycles. The zero-order valence-electron chi connectivity index (χ0n) is 45.6. The van der Waals surface area contributed by atoms with E-state index in [1.54, 1.807) is 0 Å². The number of benzene rings is 12. The summed E-state index contributed by atoms with van der Waals surface area (Å²) in [5, 5.41) is 17.9. The smallest absolute Gasteiger partial charge is 0.0631 e. The molecule has 0 aliphatic rings. The highest BCUT2D eigenvalue weighted by atomic mass is 30.0. The molecule has 0 saturated carbocycles. The van der Waals surface area contributed by atoms with Crippen LogP contribution >= 0.6 is 0 Å². The summed E-state index contributed by atoms with van der Waals surface area (Å²) in [5.74, 6) is 0. The zero-order chi connectivity index (χ0) is 54.4. The summed E-state index contributed by atoms with van der Waals surface area (Å²) < 4.78 is 0. The van der Waals surface area contributed by atoms with Gasteiger partial charge < -0.3 is 0 Å². The van der Waals surface area contributed by atoms with Gasteiger partial charge in [0.15, 0.2) is 0 Å². The van der Waals surface area contributed by atoms with Gasteiger partial charge >= 0.3 is 0 Å². The summed E-state index contributed by atoms with van der Waals surface area (Å²) in [6.45, 7) is 5.71. The van der Waals surface area contributed by atoms with Gasteiger partial charge in [-0.25, -0.2) is 0 Å². The molecule has 386 valence electrons. The molecule has 0 amide bonds. The van der Waals surface area contributed by atoms with Crippen LogP contribution in [0.5, 0.6) is 0 Å². The molecular formula is C74H66Si6. The molecule has 12 aromatic rings. The van der Waals surface area contributed by atoms with Crippen LogP contribution in [0.4, 0.5) is 0 Å². The second kappa shape index (κ2) is 22.6. The molecule has 0 heterocycles. The predicted octanol–water partition coefficient (Wildman–Crippen LogP) is 9.22. The standard InChI is InChI=1S/C74H66Si6/c1-75(63-39-15-3-16-40-63,64-41-17-4-18-42-64)77(67-47-23-7-24-48-67,68-49-25-8-26-50-68)79(71-55-31-11-32-56-71,72-57-33-12-34-58-72)80(73-59-35-13-36-60-73,74-61-37-14-38-62-74)78(69-51-27-9-28-52-69,70-53-29-10-30-54-70)76(2,65-43-19-5-20-44-65)66-45-21-6-22-46-66/h3-62H,1-2H3. The SMILES string of the molecule is C[Si](c1ccccc1)(c1ccccc1)[Si](c1ccccc1)(c1ccccc1)[Si](c1ccccc1)(c1ccccc1)[Si](c1ccccc1)(c1ccccc1)[Si](c1ccccc1)(c1ccccc1)[Si](C)(c1ccccc1)c1ccccc1. The third kappa shape index (κ3) is 7.91. The van der Waals surface area contributed by atoms with Crippen molar-refractivity contribution in [1.29, 1.82) is 0 Å². The average Bonchev–Trinajstić information content (AvgIpc) is 1.91. The van der Waals surface area contributed by atoms with Crippen molar-refractivity contribution < 1.29 is 0 Å². The topological polar surface area (TPSA) is 0 Å². The summed E-state index contributed by atoms with van der Waals surface area (Å²) >= 11 is 0. The largest absolute Gasteiger partial charge is 0.123 e. The van der Waals surface area contributed by atoms with Crippen molar-refractivity contribution in [3.8, 4) is 0 Å². The molecule has 0 spiro atoms. The molecule has 0 nitrogen and oxygen atoms in total. The van der Waals surface area contributed by atoms with E-state index < -0.39 is 43.6 Å². The van der Waals surface area contributed by atoms with Gasteiger partial charge in [0.25, 0.3) is 0 Å². The van der Waals surface area contributed by atoms with E-state index in [2.05, 4.69) is 377 Å². The van der Waals surface area contributed by atoms with Gasteiger partial charge in [-0.1, -0.05) is 439 Å². The minimum absolute atomic E-state index is 1.47. The number of rotatable bonds is 17. The Morgan fingerprint density at radius 1 is 0.125 bits per heavy atom. The first kappa shape index (κ1) is 52.6. The van der Waals surface area contributed by atoms with Crippen molar-refractivity contribution in [2.45, 2.75) is 13.1 Å². The molecule has 0 unspecified atom stereocenters. The Morgan fingerprint density at radius 3 is 0.350 bits per heavy atom. The van der Waals surface area contributed by atoms with Crippen molar-refractivity contribution in [3.63, 3.8) is 0 Å². The molecule has 0 bridgehead atoms. The molecule has 6 heteroatoms. The van der Waals surface area contributed by atoms with Crippen molar-refractivity contribution in [3.05, 3.63) is 364 Å². The Kier molecular flexibility index (Phi) is 14.9. The van der Waals surface area contributed by atoms with Crippen LogP contribution in [0, 0.1) is 0 Å². The molecule has 0 aromatic heterocycles. The van der Waals surface area contributed by atoms with Crippen LogP contribution in [-0.2, 0) is 0 Å².